The molecule has 0 spiro atoms. The number of halogens is 1. The number of carbonyl (C=O) groups is 1. The molecule has 0 saturated heterocycles. The lowest BCUT2D eigenvalue weighted by atomic mass is 10.2. The molecule has 0 aliphatic rings. The molecule has 3 nitrogen and oxygen atoms in total. The molecule has 3 N–H and O–H groups in total. The molecule has 0 aliphatic carbocycles. The van der Waals surface area contributed by atoms with Crippen LogP contribution in [0.15, 0.2) is 27.6 Å². The number of carbonyl (C=O) groups excluding carboxylic acids is 1. The van der Waals surface area contributed by atoms with E-state index in [2.05, 4.69) is 28.2 Å². The predicted molar refractivity (Wildman–Crippen MR) is 86.4 cm³/mol. The van der Waals surface area contributed by atoms with Crippen molar-refractivity contribution in [1.82, 2.24) is 5.32 Å². The standard InChI is InChI=1S/C14H21BrN2OS/c1-4-5-9(2)17-14(18)10(3)19-13-7-6-11(16)8-12(13)15/h6-10H,4-5,16H2,1-3H3,(H,17,18). The van der Waals surface area contributed by atoms with Gasteiger partial charge in [0.2, 0.25) is 5.91 Å². The number of nitrogen functional groups attached to an aromatic ring is 1. The van der Waals surface area contributed by atoms with Crippen molar-refractivity contribution >= 4 is 39.3 Å². The maximum absolute atomic E-state index is 12.0. The zero-order valence-corrected chi connectivity index (χ0v) is 14.0. The zero-order valence-electron chi connectivity index (χ0n) is 11.6. The Morgan fingerprint density at radius 2 is 2.16 bits per heavy atom. The molecule has 0 bridgehead atoms. The van der Waals surface area contributed by atoms with Gasteiger partial charge in [-0.05, 0) is 54.4 Å². The van der Waals surface area contributed by atoms with Gasteiger partial charge in [0.1, 0.15) is 0 Å². The lowest BCUT2D eigenvalue weighted by Crippen LogP contribution is -2.37. The predicted octanol–water partition coefficient (Wildman–Crippen LogP) is 3.82. The highest BCUT2D eigenvalue weighted by Gasteiger charge is 2.17. The summed E-state index contributed by atoms with van der Waals surface area (Å²) in [7, 11) is 0. The van der Waals surface area contributed by atoms with Gasteiger partial charge in [-0.25, -0.2) is 0 Å². The van der Waals surface area contributed by atoms with E-state index in [4.69, 9.17) is 5.73 Å². The van der Waals surface area contributed by atoms with Crippen LogP contribution in [-0.2, 0) is 4.79 Å². The lowest BCUT2D eigenvalue weighted by Gasteiger charge is -2.17. The van der Waals surface area contributed by atoms with Gasteiger partial charge in [0.15, 0.2) is 0 Å². The Morgan fingerprint density at radius 3 is 2.74 bits per heavy atom. The van der Waals surface area contributed by atoms with Gasteiger partial charge in [-0.15, -0.1) is 11.8 Å². The maximum atomic E-state index is 12.0. The lowest BCUT2D eigenvalue weighted by molar-refractivity contribution is -0.120. The molecule has 106 valence electrons. The molecule has 5 heteroatoms. The molecule has 1 amide bonds. The van der Waals surface area contributed by atoms with Gasteiger partial charge in [-0.3, -0.25) is 4.79 Å². The number of anilines is 1. The van der Waals surface area contributed by atoms with E-state index in [1.54, 1.807) is 0 Å². The van der Waals surface area contributed by atoms with Crippen LogP contribution in [0, 0.1) is 0 Å². The minimum atomic E-state index is -0.126. The summed E-state index contributed by atoms with van der Waals surface area (Å²) in [6, 6.07) is 5.86. The smallest absolute Gasteiger partial charge is 0.233 e. The van der Waals surface area contributed by atoms with E-state index in [0.29, 0.717) is 5.69 Å². The Labute approximate surface area is 127 Å². The Morgan fingerprint density at radius 1 is 1.47 bits per heavy atom. The monoisotopic (exact) mass is 344 g/mol. The third-order valence-electron chi connectivity index (χ3n) is 2.74. The highest BCUT2D eigenvalue weighted by molar-refractivity contribution is 9.10. The summed E-state index contributed by atoms with van der Waals surface area (Å²) in [4.78, 5) is 13.1. The highest BCUT2D eigenvalue weighted by Crippen LogP contribution is 2.32. The molecule has 1 aromatic carbocycles. The maximum Gasteiger partial charge on any atom is 0.233 e. The average Bonchev–Trinajstić information content (AvgIpc) is 2.32. The molecule has 2 unspecified atom stereocenters. The van der Waals surface area contributed by atoms with Crippen molar-refractivity contribution in [1.29, 1.82) is 0 Å². The van der Waals surface area contributed by atoms with Crippen molar-refractivity contribution in [3.8, 4) is 0 Å². The molecule has 2 atom stereocenters. The summed E-state index contributed by atoms with van der Waals surface area (Å²) in [5.74, 6) is 0.0784. The first-order valence-electron chi connectivity index (χ1n) is 6.46. The number of hydrogen-bond acceptors (Lipinski definition) is 3. The van der Waals surface area contributed by atoms with Crippen LogP contribution in [0.25, 0.3) is 0 Å². The van der Waals surface area contributed by atoms with Gasteiger partial charge in [0, 0.05) is 21.1 Å². The van der Waals surface area contributed by atoms with E-state index < -0.39 is 0 Å². The fraction of sp³-hybridized carbons (Fsp3) is 0.500. The Kier molecular flexibility index (Phi) is 6.72. The van der Waals surface area contributed by atoms with Crippen LogP contribution >= 0.6 is 27.7 Å². The largest absolute Gasteiger partial charge is 0.399 e. The zero-order chi connectivity index (χ0) is 14.4. The first kappa shape index (κ1) is 16.4. The Balaban J connectivity index is 2.58. The van der Waals surface area contributed by atoms with Crippen LogP contribution in [0.5, 0.6) is 0 Å². The number of rotatable bonds is 6. The molecule has 19 heavy (non-hydrogen) atoms. The van der Waals surface area contributed by atoms with Crippen molar-refractivity contribution in [3.05, 3.63) is 22.7 Å². The summed E-state index contributed by atoms with van der Waals surface area (Å²) in [6.45, 7) is 6.08. The van der Waals surface area contributed by atoms with Crippen LogP contribution in [0.2, 0.25) is 0 Å². The summed E-state index contributed by atoms with van der Waals surface area (Å²) in [6.07, 6.45) is 2.08. The second-order valence-electron chi connectivity index (χ2n) is 4.65. The van der Waals surface area contributed by atoms with Crippen molar-refractivity contribution in [2.75, 3.05) is 5.73 Å². The van der Waals surface area contributed by atoms with E-state index in [0.717, 1.165) is 22.2 Å². The van der Waals surface area contributed by atoms with Gasteiger partial charge in [0.05, 0.1) is 5.25 Å². The van der Waals surface area contributed by atoms with Crippen molar-refractivity contribution < 1.29 is 4.79 Å². The van der Waals surface area contributed by atoms with Gasteiger partial charge in [0.25, 0.3) is 0 Å². The van der Waals surface area contributed by atoms with E-state index in [1.807, 2.05) is 32.0 Å². The van der Waals surface area contributed by atoms with Crippen LogP contribution in [0.3, 0.4) is 0 Å². The van der Waals surface area contributed by atoms with Gasteiger partial charge in [-0.1, -0.05) is 13.3 Å². The van der Waals surface area contributed by atoms with Crippen molar-refractivity contribution in [3.63, 3.8) is 0 Å². The average molecular weight is 345 g/mol. The summed E-state index contributed by atoms with van der Waals surface area (Å²) < 4.78 is 0.929. The van der Waals surface area contributed by atoms with Crippen molar-refractivity contribution in [2.45, 2.75) is 49.8 Å². The molecular weight excluding hydrogens is 324 g/mol. The molecule has 1 rings (SSSR count). The normalized spacial score (nSPS) is 13.9. The number of benzene rings is 1. The first-order chi connectivity index (χ1) is 8.93. The van der Waals surface area contributed by atoms with E-state index in [1.165, 1.54) is 11.8 Å². The number of thioether (sulfide) groups is 1. The molecule has 0 aromatic heterocycles. The summed E-state index contributed by atoms with van der Waals surface area (Å²) in [5.41, 5.74) is 6.41. The van der Waals surface area contributed by atoms with Crippen LogP contribution < -0.4 is 11.1 Å². The van der Waals surface area contributed by atoms with Crippen LogP contribution in [0.1, 0.15) is 33.6 Å². The topological polar surface area (TPSA) is 55.1 Å². The third kappa shape index (κ3) is 5.45. The first-order valence-corrected chi connectivity index (χ1v) is 8.13. The molecule has 1 aromatic rings. The Hall–Kier alpha value is -0.680. The third-order valence-corrected chi connectivity index (χ3v) is 4.84. The molecule has 0 aliphatic heterocycles. The van der Waals surface area contributed by atoms with E-state index in [-0.39, 0.29) is 17.2 Å². The second-order valence-corrected chi connectivity index (χ2v) is 6.89. The second kappa shape index (κ2) is 7.80. The fourth-order valence-electron chi connectivity index (χ4n) is 1.72. The fourth-order valence-corrected chi connectivity index (χ4v) is 3.27. The molecular formula is C14H21BrN2OS. The SMILES string of the molecule is CCCC(C)NC(=O)C(C)Sc1ccc(N)cc1Br. The highest BCUT2D eigenvalue weighted by atomic mass is 79.9. The minimum Gasteiger partial charge on any atom is -0.399 e. The summed E-state index contributed by atoms with van der Waals surface area (Å²) >= 11 is 5.00. The van der Waals surface area contributed by atoms with Gasteiger partial charge in [-0.2, -0.15) is 0 Å². The molecule has 0 radical (unpaired) electrons. The minimum absolute atomic E-state index is 0.0784. The van der Waals surface area contributed by atoms with E-state index >= 15 is 0 Å². The number of amides is 1. The Bertz CT molecular complexity index is 439. The van der Waals surface area contributed by atoms with Crippen molar-refractivity contribution in [2.24, 2.45) is 0 Å². The quantitative estimate of drug-likeness (QED) is 0.609. The molecule has 0 heterocycles. The molecule has 0 fully saturated rings. The number of nitrogens with one attached hydrogen (secondary N) is 1. The molecule has 0 saturated carbocycles. The summed E-state index contributed by atoms with van der Waals surface area (Å²) in [5, 5.41) is 2.91. The van der Waals surface area contributed by atoms with Gasteiger partial charge >= 0.3 is 0 Å². The van der Waals surface area contributed by atoms with Gasteiger partial charge < -0.3 is 11.1 Å². The van der Waals surface area contributed by atoms with E-state index in [9.17, 15) is 4.79 Å². The number of hydrogen-bond donors (Lipinski definition) is 2. The van der Waals surface area contributed by atoms with Crippen LogP contribution in [0.4, 0.5) is 5.69 Å². The van der Waals surface area contributed by atoms with Crippen LogP contribution in [-0.4, -0.2) is 17.2 Å². The number of nitrogens with two attached hydrogens (primary N) is 1.